The zero-order chi connectivity index (χ0) is 20.4. The van der Waals surface area contributed by atoms with Crippen LogP contribution >= 0.6 is 0 Å². The smallest absolute Gasteiger partial charge is 0.356 e. The Hall–Kier alpha value is -2.24. The van der Waals surface area contributed by atoms with Crippen LogP contribution in [0.2, 0.25) is 0 Å². The van der Waals surface area contributed by atoms with E-state index in [2.05, 4.69) is 14.7 Å². The molecule has 152 valence electrons. The van der Waals surface area contributed by atoms with Gasteiger partial charge in [0.15, 0.2) is 0 Å². The van der Waals surface area contributed by atoms with Crippen molar-refractivity contribution in [2.45, 2.75) is 19.0 Å². The number of anilines is 1. The van der Waals surface area contributed by atoms with Crippen molar-refractivity contribution in [1.82, 2.24) is 14.7 Å². The lowest BCUT2D eigenvalue weighted by Gasteiger charge is -2.32. The van der Waals surface area contributed by atoms with Crippen LogP contribution in [0, 0.1) is 5.92 Å². The number of halogens is 3. The molecule has 28 heavy (non-hydrogen) atoms. The third-order valence-electron chi connectivity index (χ3n) is 4.67. The van der Waals surface area contributed by atoms with Crippen molar-refractivity contribution in [2.75, 3.05) is 24.5 Å². The van der Waals surface area contributed by atoms with Gasteiger partial charge in [-0.25, -0.2) is 19.8 Å². The van der Waals surface area contributed by atoms with Crippen LogP contribution < -0.4 is 14.8 Å². The molecule has 1 aliphatic heterocycles. The fraction of sp³-hybridized carbons (Fsp3) is 0.412. The van der Waals surface area contributed by atoms with Crippen molar-refractivity contribution in [1.29, 1.82) is 0 Å². The maximum atomic E-state index is 12.7. The highest BCUT2D eigenvalue weighted by Gasteiger charge is 2.30. The molecule has 1 aliphatic rings. The van der Waals surface area contributed by atoms with E-state index in [9.17, 15) is 21.6 Å². The Morgan fingerprint density at radius 2 is 1.79 bits per heavy atom. The second-order valence-electron chi connectivity index (χ2n) is 6.66. The summed E-state index contributed by atoms with van der Waals surface area (Å²) in [4.78, 5) is 10.5. The molecule has 1 fully saturated rings. The molecule has 0 amide bonds. The minimum Gasteiger partial charge on any atom is -0.356 e. The third kappa shape index (κ3) is 5.40. The van der Waals surface area contributed by atoms with Crippen molar-refractivity contribution in [2.24, 2.45) is 11.1 Å². The van der Waals surface area contributed by atoms with Crippen LogP contribution in [0.5, 0.6) is 0 Å². The molecule has 1 aromatic carbocycles. The molecule has 3 N–H and O–H groups in total. The van der Waals surface area contributed by atoms with Gasteiger partial charge in [0.1, 0.15) is 12.1 Å². The van der Waals surface area contributed by atoms with E-state index >= 15 is 0 Å². The Bertz CT molecular complexity index is 911. The van der Waals surface area contributed by atoms with Crippen LogP contribution in [0.1, 0.15) is 18.4 Å². The average molecular weight is 415 g/mol. The number of alkyl halides is 3. The number of nitrogens with two attached hydrogens (primary N) is 1. The molecule has 2 aromatic rings. The summed E-state index contributed by atoms with van der Waals surface area (Å²) in [6.07, 6.45) is -1.46. The molecule has 3 rings (SSSR count). The van der Waals surface area contributed by atoms with E-state index in [0.29, 0.717) is 36.7 Å². The number of aromatic nitrogens is 2. The topological polar surface area (TPSA) is 101 Å². The summed E-state index contributed by atoms with van der Waals surface area (Å²) in [5.74, 6) is 0.869. The number of hydrogen-bond donors (Lipinski definition) is 2. The van der Waals surface area contributed by atoms with Gasteiger partial charge in [0, 0.05) is 31.3 Å². The highest BCUT2D eigenvalue weighted by atomic mass is 32.2. The SMILES string of the molecule is NS(=O)(=O)NCC1CCN(c2cc(-c3ccc(C(F)(F)F)cc3)ncn2)CC1. The van der Waals surface area contributed by atoms with E-state index in [4.69, 9.17) is 5.14 Å². The van der Waals surface area contributed by atoms with Crippen molar-refractivity contribution < 1.29 is 21.6 Å². The van der Waals surface area contributed by atoms with Crippen molar-refractivity contribution in [3.63, 3.8) is 0 Å². The fourth-order valence-corrected chi connectivity index (χ4v) is 3.58. The van der Waals surface area contributed by atoms with E-state index in [-0.39, 0.29) is 5.92 Å². The molecular weight excluding hydrogens is 395 g/mol. The lowest BCUT2D eigenvalue weighted by Crippen LogP contribution is -2.40. The van der Waals surface area contributed by atoms with E-state index in [0.717, 1.165) is 25.0 Å². The number of nitrogens with one attached hydrogen (secondary N) is 1. The Morgan fingerprint density at radius 1 is 1.14 bits per heavy atom. The molecule has 0 saturated carbocycles. The Kier molecular flexibility index (Phi) is 5.87. The summed E-state index contributed by atoms with van der Waals surface area (Å²) in [6, 6.07) is 6.58. The van der Waals surface area contributed by atoms with Gasteiger partial charge in [-0.15, -0.1) is 0 Å². The van der Waals surface area contributed by atoms with Gasteiger partial charge in [-0.1, -0.05) is 12.1 Å². The first-order valence-electron chi connectivity index (χ1n) is 8.64. The first-order chi connectivity index (χ1) is 13.1. The molecule has 1 aromatic heterocycles. The van der Waals surface area contributed by atoms with E-state index in [1.807, 2.05) is 4.90 Å². The lowest BCUT2D eigenvalue weighted by atomic mass is 9.97. The molecule has 0 atom stereocenters. The maximum Gasteiger partial charge on any atom is 0.416 e. The Morgan fingerprint density at radius 3 is 2.36 bits per heavy atom. The number of nitrogens with zero attached hydrogens (tertiary/aromatic N) is 3. The van der Waals surface area contributed by atoms with Gasteiger partial charge in [0.05, 0.1) is 11.3 Å². The predicted molar refractivity (Wildman–Crippen MR) is 98.5 cm³/mol. The van der Waals surface area contributed by atoms with Gasteiger partial charge in [0.2, 0.25) is 0 Å². The zero-order valence-corrected chi connectivity index (χ0v) is 15.7. The standard InChI is InChI=1S/C17H20F3N5O2S/c18-17(19,20)14-3-1-13(2-4-14)15-9-16(23-11-22-15)25-7-5-12(6-8-25)10-24-28(21,26)27/h1-4,9,11-12,24H,5-8,10H2,(H2,21,26,27). The monoisotopic (exact) mass is 415 g/mol. The van der Waals surface area contributed by atoms with Crippen LogP contribution in [0.4, 0.5) is 19.0 Å². The van der Waals surface area contributed by atoms with Crippen molar-refractivity contribution in [3.8, 4) is 11.3 Å². The minimum absolute atomic E-state index is 0.186. The highest BCUT2D eigenvalue weighted by molar-refractivity contribution is 7.87. The summed E-state index contributed by atoms with van der Waals surface area (Å²) in [7, 11) is -3.69. The maximum absolute atomic E-state index is 12.7. The number of hydrogen-bond acceptors (Lipinski definition) is 5. The molecule has 0 aliphatic carbocycles. The van der Waals surface area contributed by atoms with Crippen molar-refractivity contribution in [3.05, 3.63) is 42.2 Å². The van der Waals surface area contributed by atoms with Crippen LogP contribution in [-0.2, 0) is 16.4 Å². The second-order valence-corrected chi connectivity index (χ2v) is 8.04. The minimum atomic E-state index is -4.38. The Labute approximate surface area is 161 Å². The van der Waals surface area contributed by atoms with Crippen molar-refractivity contribution >= 4 is 16.0 Å². The van der Waals surface area contributed by atoms with Crippen LogP contribution in [0.15, 0.2) is 36.7 Å². The molecule has 0 unspecified atom stereocenters. The average Bonchev–Trinajstić information content (AvgIpc) is 2.66. The molecule has 7 nitrogen and oxygen atoms in total. The molecule has 1 saturated heterocycles. The van der Waals surface area contributed by atoms with E-state index < -0.39 is 21.9 Å². The summed E-state index contributed by atoms with van der Waals surface area (Å²) < 4.78 is 62.4. The van der Waals surface area contributed by atoms with Gasteiger partial charge in [-0.2, -0.15) is 21.6 Å². The molecule has 0 radical (unpaired) electrons. The summed E-state index contributed by atoms with van der Waals surface area (Å²) in [6.45, 7) is 1.66. The quantitative estimate of drug-likeness (QED) is 0.780. The molecule has 11 heteroatoms. The largest absolute Gasteiger partial charge is 0.416 e. The van der Waals surface area contributed by atoms with Crippen LogP contribution in [-0.4, -0.2) is 38.0 Å². The number of piperidine rings is 1. The Balaban J connectivity index is 1.66. The van der Waals surface area contributed by atoms with Crippen LogP contribution in [0.3, 0.4) is 0 Å². The second kappa shape index (κ2) is 8.02. The zero-order valence-electron chi connectivity index (χ0n) is 14.9. The third-order valence-corrected chi connectivity index (χ3v) is 5.24. The first-order valence-corrected chi connectivity index (χ1v) is 10.2. The molecule has 2 heterocycles. The molecular formula is C17H20F3N5O2S. The van der Waals surface area contributed by atoms with Crippen LogP contribution in [0.25, 0.3) is 11.3 Å². The summed E-state index contributed by atoms with van der Waals surface area (Å²) in [5, 5.41) is 4.95. The molecule has 0 bridgehead atoms. The van der Waals surface area contributed by atoms with E-state index in [1.165, 1.54) is 18.5 Å². The normalized spacial score (nSPS) is 16.4. The number of benzene rings is 1. The van der Waals surface area contributed by atoms with Gasteiger partial charge in [0.25, 0.3) is 10.2 Å². The lowest BCUT2D eigenvalue weighted by molar-refractivity contribution is -0.137. The predicted octanol–water partition coefficient (Wildman–Crippen LogP) is 2.17. The fourth-order valence-electron chi connectivity index (χ4n) is 3.11. The summed E-state index contributed by atoms with van der Waals surface area (Å²) in [5.41, 5.74) is 0.404. The van der Waals surface area contributed by atoms with Gasteiger partial charge < -0.3 is 4.90 Å². The van der Waals surface area contributed by atoms with Gasteiger partial charge >= 0.3 is 6.18 Å². The first kappa shape index (κ1) is 20.5. The van der Waals surface area contributed by atoms with Gasteiger partial charge in [-0.3, -0.25) is 0 Å². The van der Waals surface area contributed by atoms with E-state index in [1.54, 1.807) is 6.07 Å². The van der Waals surface area contributed by atoms with Gasteiger partial charge in [-0.05, 0) is 30.9 Å². The highest BCUT2D eigenvalue weighted by Crippen LogP contribution is 2.31. The summed E-state index contributed by atoms with van der Waals surface area (Å²) >= 11 is 0. The molecule has 0 spiro atoms. The number of rotatable bonds is 5.